The van der Waals surface area contributed by atoms with Crippen LogP contribution in [0.25, 0.3) is 0 Å². The maximum Gasteiger partial charge on any atom is 0.470 e. The first-order valence-corrected chi connectivity index (χ1v) is 7.92. The lowest BCUT2D eigenvalue weighted by Crippen LogP contribution is -2.36. The van der Waals surface area contributed by atoms with E-state index in [4.69, 9.17) is 9.15 Å². The van der Waals surface area contributed by atoms with Crippen molar-refractivity contribution >= 4 is 6.09 Å². The second-order valence-corrected chi connectivity index (χ2v) is 7.04. The van der Waals surface area contributed by atoms with Gasteiger partial charge in [-0.25, -0.2) is 4.79 Å². The average molecular weight is 349 g/mol. The Kier molecular flexibility index (Phi) is 5.39. The SMILES string of the molecule is CC(C)(C)OC(=O)NC[C@H]1CC[C@H](c2nnc(C(F)(F)F)o2)CC1. The van der Waals surface area contributed by atoms with E-state index in [9.17, 15) is 18.0 Å². The van der Waals surface area contributed by atoms with Crippen molar-refractivity contribution in [2.75, 3.05) is 6.54 Å². The standard InChI is InChI=1S/C15H22F3N3O3/c1-14(2,3)24-13(22)19-8-9-4-6-10(7-5-9)11-20-21-12(23-11)15(16,17)18/h9-10H,4-8H2,1-3H3,(H,19,22)/t9-,10-. The van der Waals surface area contributed by atoms with Crippen molar-refractivity contribution in [2.45, 2.75) is 64.1 Å². The molecule has 0 aliphatic heterocycles. The highest BCUT2D eigenvalue weighted by Crippen LogP contribution is 2.36. The summed E-state index contributed by atoms with van der Waals surface area (Å²) in [5.41, 5.74) is -0.546. The number of halogens is 3. The number of alkyl carbamates (subject to hydrolysis) is 1. The number of hydrogen-bond donors (Lipinski definition) is 1. The molecule has 9 heteroatoms. The molecule has 1 saturated carbocycles. The summed E-state index contributed by atoms with van der Waals surface area (Å²) < 4.78 is 47.3. The van der Waals surface area contributed by atoms with Gasteiger partial charge in [0.15, 0.2) is 0 Å². The van der Waals surface area contributed by atoms with Gasteiger partial charge in [0.05, 0.1) is 0 Å². The number of alkyl halides is 3. The van der Waals surface area contributed by atoms with E-state index in [-0.39, 0.29) is 17.7 Å². The zero-order valence-electron chi connectivity index (χ0n) is 13.9. The van der Waals surface area contributed by atoms with E-state index in [1.807, 2.05) is 0 Å². The van der Waals surface area contributed by atoms with Crippen LogP contribution in [0.2, 0.25) is 0 Å². The van der Waals surface area contributed by atoms with Crippen LogP contribution in [-0.2, 0) is 10.9 Å². The van der Waals surface area contributed by atoms with Gasteiger partial charge in [0.25, 0.3) is 0 Å². The third-order valence-corrected chi connectivity index (χ3v) is 3.81. The van der Waals surface area contributed by atoms with Gasteiger partial charge in [0, 0.05) is 12.5 Å². The van der Waals surface area contributed by atoms with Crippen molar-refractivity contribution in [3.8, 4) is 0 Å². The van der Waals surface area contributed by atoms with Crippen LogP contribution in [-0.4, -0.2) is 28.4 Å². The normalized spacial score (nSPS) is 22.2. The third kappa shape index (κ3) is 5.38. The smallest absolute Gasteiger partial charge is 0.444 e. The van der Waals surface area contributed by atoms with Crippen molar-refractivity contribution in [3.05, 3.63) is 11.8 Å². The van der Waals surface area contributed by atoms with Crippen LogP contribution in [0.4, 0.5) is 18.0 Å². The van der Waals surface area contributed by atoms with Gasteiger partial charge < -0.3 is 14.5 Å². The van der Waals surface area contributed by atoms with Crippen molar-refractivity contribution in [1.82, 2.24) is 15.5 Å². The molecule has 1 aromatic heterocycles. The van der Waals surface area contributed by atoms with E-state index in [2.05, 4.69) is 15.5 Å². The molecule has 2 rings (SSSR count). The van der Waals surface area contributed by atoms with Gasteiger partial charge in [-0.05, 0) is 52.4 Å². The van der Waals surface area contributed by atoms with Crippen LogP contribution < -0.4 is 5.32 Å². The fourth-order valence-corrected chi connectivity index (χ4v) is 2.67. The number of nitrogens with one attached hydrogen (secondary N) is 1. The Morgan fingerprint density at radius 1 is 1.21 bits per heavy atom. The number of aromatic nitrogens is 2. The van der Waals surface area contributed by atoms with Gasteiger partial charge >= 0.3 is 18.2 Å². The van der Waals surface area contributed by atoms with Gasteiger partial charge in [0.1, 0.15) is 5.60 Å². The minimum absolute atomic E-state index is 0.0425. The Hall–Kier alpha value is -1.80. The number of rotatable bonds is 3. The highest BCUT2D eigenvalue weighted by Gasteiger charge is 2.39. The molecule has 1 aliphatic rings. The zero-order chi connectivity index (χ0) is 18.0. The van der Waals surface area contributed by atoms with E-state index in [0.29, 0.717) is 19.4 Å². The molecular formula is C15H22F3N3O3. The fourth-order valence-electron chi connectivity index (χ4n) is 2.67. The van der Waals surface area contributed by atoms with Crippen molar-refractivity contribution in [1.29, 1.82) is 0 Å². The molecule has 6 nitrogen and oxygen atoms in total. The summed E-state index contributed by atoms with van der Waals surface area (Å²) in [6.07, 6.45) is -2.23. The van der Waals surface area contributed by atoms with Crippen molar-refractivity contribution in [2.24, 2.45) is 5.92 Å². The molecule has 0 saturated heterocycles. The second-order valence-electron chi connectivity index (χ2n) is 7.04. The van der Waals surface area contributed by atoms with E-state index < -0.39 is 23.8 Å². The largest absolute Gasteiger partial charge is 0.470 e. The molecule has 0 unspecified atom stereocenters. The van der Waals surface area contributed by atoms with Crippen LogP contribution in [0.5, 0.6) is 0 Å². The minimum Gasteiger partial charge on any atom is -0.444 e. The summed E-state index contributed by atoms with van der Waals surface area (Å²) >= 11 is 0. The first kappa shape index (κ1) is 18.5. The summed E-state index contributed by atoms with van der Waals surface area (Å²) in [6.45, 7) is 5.85. The number of carbonyl (C=O) groups is 1. The number of hydrogen-bond acceptors (Lipinski definition) is 5. The van der Waals surface area contributed by atoms with Crippen LogP contribution >= 0.6 is 0 Å². The summed E-state index contributed by atoms with van der Waals surface area (Å²) in [6, 6.07) is 0. The van der Waals surface area contributed by atoms with Crippen LogP contribution in [0.15, 0.2) is 4.42 Å². The Labute approximate surface area is 138 Å². The Morgan fingerprint density at radius 2 is 1.83 bits per heavy atom. The summed E-state index contributed by atoms with van der Waals surface area (Å²) in [7, 11) is 0. The lowest BCUT2D eigenvalue weighted by molar-refractivity contribution is -0.157. The molecule has 1 aliphatic carbocycles. The molecule has 0 spiro atoms. The molecule has 1 fully saturated rings. The van der Waals surface area contributed by atoms with Gasteiger partial charge in [-0.1, -0.05) is 0 Å². The Morgan fingerprint density at radius 3 is 2.33 bits per heavy atom. The Balaban J connectivity index is 1.77. The average Bonchev–Trinajstić information content (AvgIpc) is 2.93. The Bertz CT molecular complexity index is 558. The van der Waals surface area contributed by atoms with E-state index >= 15 is 0 Å². The van der Waals surface area contributed by atoms with Gasteiger partial charge in [-0.2, -0.15) is 13.2 Å². The molecule has 0 bridgehead atoms. The van der Waals surface area contributed by atoms with E-state index in [1.165, 1.54) is 0 Å². The number of amides is 1. The summed E-state index contributed by atoms with van der Waals surface area (Å²) in [5.74, 6) is -1.16. The predicted molar refractivity (Wildman–Crippen MR) is 78.2 cm³/mol. The molecule has 1 aromatic rings. The molecule has 1 heterocycles. The van der Waals surface area contributed by atoms with Crippen molar-refractivity contribution < 1.29 is 27.1 Å². The molecule has 0 aromatic carbocycles. The molecule has 24 heavy (non-hydrogen) atoms. The molecule has 1 N–H and O–H groups in total. The van der Waals surface area contributed by atoms with Crippen LogP contribution in [0.3, 0.4) is 0 Å². The lowest BCUT2D eigenvalue weighted by Gasteiger charge is -2.27. The van der Waals surface area contributed by atoms with Gasteiger partial charge in [0.2, 0.25) is 5.89 Å². The molecule has 1 amide bonds. The number of nitrogens with zero attached hydrogens (tertiary/aromatic N) is 2. The van der Waals surface area contributed by atoms with Crippen molar-refractivity contribution in [3.63, 3.8) is 0 Å². The molecular weight excluding hydrogens is 327 g/mol. The lowest BCUT2D eigenvalue weighted by atomic mass is 9.82. The second kappa shape index (κ2) is 6.98. The van der Waals surface area contributed by atoms with E-state index in [0.717, 1.165) is 12.8 Å². The summed E-state index contributed by atoms with van der Waals surface area (Å²) in [4.78, 5) is 11.6. The monoisotopic (exact) mass is 349 g/mol. The maximum absolute atomic E-state index is 12.5. The highest BCUT2D eigenvalue weighted by molar-refractivity contribution is 5.67. The fraction of sp³-hybridized carbons (Fsp3) is 0.800. The summed E-state index contributed by atoms with van der Waals surface area (Å²) in [5, 5.41) is 9.31. The van der Waals surface area contributed by atoms with Gasteiger partial charge in [-0.3, -0.25) is 0 Å². The first-order valence-electron chi connectivity index (χ1n) is 7.92. The number of ether oxygens (including phenoxy) is 1. The van der Waals surface area contributed by atoms with E-state index in [1.54, 1.807) is 20.8 Å². The first-order chi connectivity index (χ1) is 11.0. The maximum atomic E-state index is 12.5. The zero-order valence-corrected chi connectivity index (χ0v) is 13.9. The van der Waals surface area contributed by atoms with Gasteiger partial charge in [-0.15, -0.1) is 10.2 Å². The van der Waals surface area contributed by atoms with Crippen LogP contribution in [0, 0.1) is 5.92 Å². The highest BCUT2D eigenvalue weighted by atomic mass is 19.4. The number of carbonyl (C=O) groups excluding carboxylic acids is 1. The molecule has 0 atom stereocenters. The topological polar surface area (TPSA) is 77.2 Å². The molecule has 136 valence electrons. The predicted octanol–water partition coefficient (Wildman–Crippen LogP) is 3.89. The molecule has 0 radical (unpaired) electrons. The minimum atomic E-state index is -4.61. The van der Waals surface area contributed by atoms with Crippen LogP contribution in [0.1, 0.15) is 64.2 Å². The third-order valence-electron chi connectivity index (χ3n) is 3.81. The quantitative estimate of drug-likeness (QED) is 0.896.